The predicted molar refractivity (Wildman–Crippen MR) is 66.9 cm³/mol. The van der Waals surface area contributed by atoms with Gasteiger partial charge in [0, 0.05) is 12.6 Å². The fourth-order valence-corrected chi connectivity index (χ4v) is 2.25. The molecular weight excluding hydrogens is 216 g/mol. The predicted octanol–water partition coefficient (Wildman–Crippen LogP) is 2.20. The molecule has 1 aliphatic rings. The topological polar surface area (TPSA) is 70.0 Å². The van der Waals surface area contributed by atoms with Crippen molar-refractivity contribution in [3.63, 3.8) is 0 Å². The molecule has 2 amide bonds. The lowest BCUT2D eigenvalue weighted by Gasteiger charge is -2.30. The van der Waals surface area contributed by atoms with Crippen LogP contribution in [0.5, 0.6) is 0 Å². The Labute approximate surface area is 102 Å². The number of hydrogen-bond acceptors (Lipinski definition) is 3. The van der Waals surface area contributed by atoms with Crippen molar-refractivity contribution < 1.29 is 9.59 Å². The summed E-state index contributed by atoms with van der Waals surface area (Å²) in [5, 5.41) is 10.2. The zero-order valence-electron chi connectivity index (χ0n) is 10.7. The number of nitrogens with one attached hydrogen (secondary N) is 2. The molecule has 4 nitrogen and oxygen atoms in total. The average molecular weight is 236 g/mol. The smallest absolute Gasteiger partial charge is 0.238 e. The lowest BCUT2D eigenvalue weighted by atomic mass is 9.75. The molecule has 0 aromatic rings. The van der Waals surface area contributed by atoms with E-state index in [1.807, 2.05) is 6.92 Å². The van der Waals surface area contributed by atoms with E-state index in [0.717, 1.165) is 12.8 Å². The van der Waals surface area contributed by atoms with Gasteiger partial charge in [-0.15, -0.1) is 0 Å². The van der Waals surface area contributed by atoms with Gasteiger partial charge in [-0.2, -0.15) is 0 Å². The van der Waals surface area contributed by atoms with Gasteiger partial charge in [-0.25, -0.2) is 0 Å². The van der Waals surface area contributed by atoms with Gasteiger partial charge < -0.3 is 5.41 Å². The molecule has 0 aromatic heterocycles. The third-order valence-corrected chi connectivity index (χ3v) is 3.45. The minimum Gasteiger partial charge on any atom is -0.309 e. The van der Waals surface area contributed by atoms with Crippen LogP contribution >= 0.6 is 0 Å². The van der Waals surface area contributed by atoms with Crippen molar-refractivity contribution in [2.24, 2.45) is 5.41 Å². The van der Waals surface area contributed by atoms with Crippen molar-refractivity contribution in [3.8, 4) is 0 Å². The molecule has 0 aromatic carbocycles. The summed E-state index contributed by atoms with van der Waals surface area (Å²) in [6.07, 6.45) is 4.93. The van der Waals surface area contributed by atoms with Crippen LogP contribution in [0.1, 0.15) is 46.5 Å². The van der Waals surface area contributed by atoms with Crippen molar-refractivity contribution in [2.45, 2.75) is 46.5 Å². The monoisotopic (exact) mass is 236 g/mol. The van der Waals surface area contributed by atoms with E-state index in [4.69, 9.17) is 5.41 Å². The van der Waals surface area contributed by atoms with Crippen LogP contribution in [0.2, 0.25) is 0 Å². The fraction of sp³-hybridized carbons (Fsp3) is 0.615. The second-order valence-electron chi connectivity index (χ2n) is 4.81. The normalized spacial score (nSPS) is 24.5. The molecule has 0 saturated carbocycles. The van der Waals surface area contributed by atoms with Crippen molar-refractivity contribution in [2.75, 3.05) is 0 Å². The zero-order chi connectivity index (χ0) is 13.1. The molecule has 0 fully saturated rings. The molecule has 17 heavy (non-hydrogen) atoms. The van der Waals surface area contributed by atoms with Crippen LogP contribution in [0.15, 0.2) is 11.6 Å². The molecule has 1 rings (SSSR count). The molecule has 0 radical (unpaired) electrons. The molecule has 2 N–H and O–H groups in total. The maximum atomic E-state index is 12.1. The first-order valence-electron chi connectivity index (χ1n) is 5.92. The maximum absolute atomic E-state index is 12.1. The number of allylic oxidation sites excluding steroid dienone is 2. The summed E-state index contributed by atoms with van der Waals surface area (Å²) in [5.41, 5.74) is 0.794. The van der Waals surface area contributed by atoms with Gasteiger partial charge >= 0.3 is 0 Å². The van der Waals surface area contributed by atoms with Crippen molar-refractivity contribution in [3.05, 3.63) is 11.6 Å². The molecule has 0 spiro atoms. The van der Waals surface area contributed by atoms with Crippen molar-refractivity contribution >= 4 is 17.5 Å². The molecule has 1 unspecified atom stereocenters. The molecule has 94 valence electrons. The van der Waals surface area contributed by atoms with Crippen molar-refractivity contribution in [1.82, 2.24) is 5.32 Å². The van der Waals surface area contributed by atoms with Crippen LogP contribution in [0.3, 0.4) is 0 Å². The molecule has 0 aliphatic heterocycles. The Morgan fingerprint density at radius 2 is 2.00 bits per heavy atom. The van der Waals surface area contributed by atoms with Gasteiger partial charge in [0.05, 0.1) is 5.41 Å². The van der Waals surface area contributed by atoms with Gasteiger partial charge in [0.2, 0.25) is 11.8 Å². The SMILES string of the molecule is CC(=N)C1(C(=O)NC(C)=O)CCC=C(C)CC1. The fourth-order valence-electron chi connectivity index (χ4n) is 2.25. The number of carbonyl (C=O) groups excluding carboxylic acids is 2. The largest absolute Gasteiger partial charge is 0.309 e. The van der Waals surface area contributed by atoms with E-state index in [0.29, 0.717) is 18.6 Å². The Hall–Kier alpha value is -1.45. The first-order valence-corrected chi connectivity index (χ1v) is 5.92. The van der Waals surface area contributed by atoms with Crippen LogP contribution in [0.4, 0.5) is 0 Å². The van der Waals surface area contributed by atoms with E-state index in [1.54, 1.807) is 6.92 Å². The lowest BCUT2D eigenvalue weighted by molar-refractivity contribution is -0.134. The highest BCUT2D eigenvalue weighted by Gasteiger charge is 2.40. The first kappa shape index (κ1) is 13.6. The first-order chi connectivity index (χ1) is 7.88. The highest BCUT2D eigenvalue weighted by molar-refractivity contribution is 6.10. The van der Waals surface area contributed by atoms with E-state index >= 15 is 0 Å². The quantitative estimate of drug-likeness (QED) is 0.570. The molecular formula is C13H20N2O2. The van der Waals surface area contributed by atoms with E-state index in [-0.39, 0.29) is 11.8 Å². The van der Waals surface area contributed by atoms with Gasteiger partial charge in [0.15, 0.2) is 0 Å². The second-order valence-corrected chi connectivity index (χ2v) is 4.81. The number of carbonyl (C=O) groups is 2. The van der Waals surface area contributed by atoms with E-state index in [2.05, 4.69) is 11.4 Å². The summed E-state index contributed by atoms with van der Waals surface area (Å²) in [6, 6.07) is 0. The molecule has 1 atom stereocenters. The summed E-state index contributed by atoms with van der Waals surface area (Å²) >= 11 is 0. The van der Waals surface area contributed by atoms with Crippen LogP contribution in [0, 0.1) is 10.8 Å². The Morgan fingerprint density at radius 3 is 2.53 bits per heavy atom. The molecule has 0 saturated heterocycles. The van der Waals surface area contributed by atoms with Gasteiger partial charge in [-0.05, 0) is 39.5 Å². The number of amides is 2. The Bertz CT molecular complexity index is 385. The third kappa shape index (κ3) is 3.02. The standard InChI is InChI=1S/C13H20N2O2/c1-9-5-4-7-13(8-6-9,10(2)14)12(17)15-11(3)16/h5,14H,4,6-8H2,1-3H3,(H,15,16,17). The van der Waals surface area contributed by atoms with E-state index in [1.165, 1.54) is 12.5 Å². The molecule has 0 heterocycles. The van der Waals surface area contributed by atoms with Crippen LogP contribution in [0.25, 0.3) is 0 Å². The molecule has 4 heteroatoms. The summed E-state index contributed by atoms with van der Waals surface area (Å²) in [7, 11) is 0. The molecule has 0 bridgehead atoms. The van der Waals surface area contributed by atoms with E-state index < -0.39 is 5.41 Å². The Balaban J connectivity index is 2.94. The summed E-state index contributed by atoms with van der Waals surface area (Å²) in [4.78, 5) is 23.1. The lowest BCUT2D eigenvalue weighted by Crippen LogP contribution is -2.46. The summed E-state index contributed by atoms with van der Waals surface area (Å²) in [5.74, 6) is -0.676. The third-order valence-electron chi connectivity index (χ3n) is 3.45. The Morgan fingerprint density at radius 1 is 1.35 bits per heavy atom. The number of imide groups is 1. The van der Waals surface area contributed by atoms with Gasteiger partial charge in [0.1, 0.15) is 0 Å². The van der Waals surface area contributed by atoms with Crippen molar-refractivity contribution in [1.29, 1.82) is 5.41 Å². The van der Waals surface area contributed by atoms with Gasteiger partial charge in [0.25, 0.3) is 0 Å². The number of rotatable bonds is 2. The second kappa shape index (κ2) is 5.25. The van der Waals surface area contributed by atoms with Crippen LogP contribution < -0.4 is 5.32 Å². The summed E-state index contributed by atoms with van der Waals surface area (Å²) in [6.45, 7) is 5.02. The Kier molecular flexibility index (Phi) is 4.21. The van der Waals surface area contributed by atoms with Crippen LogP contribution in [-0.4, -0.2) is 17.5 Å². The van der Waals surface area contributed by atoms with Gasteiger partial charge in [-0.1, -0.05) is 11.6 Å². The zero-order valence-corrected chi connectivity index (χ0v) is 10.7. The van der Waals surface area contributed by atoms with E-state index in [9.17, 15) is 9.59 Å². The highest BCUT2D eigenvalue weighted by atomic mass is 16.2. The number of hydrogen-bond donors (Lipinski definition) is 2. The van der Waals surface area contributed by atoms with Gasteiger partial charge in [-0.3, -0.25) is 14.9 Å². The minimum absolute atomic E-state index is 0.319. The van der Waals surface area contributed by atoms with Crippen LogP contribution in [-0.2, 0) is 9.59 Å². The minimum atomic E-state index is -0.806. The molecule has 1 aliphatic carbocycles. The summed E-state index contributed by atoms with van der Waals surface area (Å²) < 4.78 is 0. The highest BCUT2D eigenvalue weighted by Crippen LogP contribution is 2.36. The average Bonchev–Trinajstić information content (AvgIpc) is 2.40. The maximum Gasteiger partial charge on any atom is 0.238 e.